The minimum absolute atomic E-state index is 0.00896. The molecule has 0 aromatic heterocycles. The lowest BCUT2D eigenvalue weighted by atomic mass is 9.70. The number of anilines is 1. The van der Waals surface area contributed by atoms with E-state index in [4.69, 9.17) is 23.2 Å². The second kappa shape index (κ2) is 16.3. The number of β-amino-alcohol motifs (C(OH)–C–C–N with tert-alkyl or cyclic N) is 1. The van der Waals surface area contributed by atoms with Gasteiger partial charge in [-0.2, -0.15) is 0 Å². The summed E-state index contributed by atoms with van der Waals surface area (Å²) in [5.41, 5.74) is 1.90. The smallest absolute Gasteiger partial charge is 0.237 e. The van der Waals surface area contributed by atoms with E-state index in [0.717, 1.165) is 62.4 Å². The third-order valence-corrected chi connectivity index (χ3v) is 10.4. The SMILES string of the molecule is CN(C)C(=O)C(CCN1C[C@H](O)C[C@H]1C(=O)NCCCCN1CCN(c2cccc(Cl)c2Cl)CC1)(c1ccccc1)c1ccccc1. The number of amides is 2. The fraction of sp³-hybridized carbons (Fsp3) is 0.459. The predicted octanol–water partition coefficient (Wildman–Crippen LogP) is 4.91. The highest BCUT2D eigenvalue weighted by Gasteiger charge is 2.45. The van der Waals surface area contributed by atoms with Gasteiger partial charge in [-0.3, -0.25) is 19.4 Å². The Labute approximate surface area is 289 Å². The van der Waals surface area contributed by atoms with E-state index in [9.17, 15) is 14.7 Å². The van der Waals surface area contributed by atoms with Gasteiger partial charge >= 0.3 is 0 Å². The van der Waals surface area contributed by atoms with E-state index in [2.05, 4.69) is 20.0 Å². The molecule has 252 valence electrons. The van der Waals surface area contributed by atoms with Crippen LogP contribution in [-0.4, -0.2) is 110 Å². The minimum Gasteiger partial charge on any atom is -0.392 e. The molecule has 10 heteroatoms. The van der Waals surface area contributed by atoms with Crippen molar-refractivity contribution in [1.82, 2.24) is 20.0 Å². The summed E-state index contributed by atoms with van der Waals surface area (Å²) in [6.07, 6.45) is 2.14. The van der Waals surface area contributed by atoms with Crippen LogP contribution in [0.3, 0.4) is 0 Å². The lowest BCUT2D eigenvalue weighted by Gasteiger charge is -2.37. The zero-order valence-electron chi connectivity index (χ0n) is 27.5. The van der Waals surface area contributed by atoms with E-state index in [0.29, 0.717) is 42.5 Å². The summed E-state index contributed by atoms with van der Waals surface area (Å²) in [5.74, 6) is -0.0668. The Bertz CT molecular complexity index is 1430. The van der Waals surface area contributed by atoms with Gasteiger partial charge in [0.2, 0.25) is 11.8 Å². The molecule has 3 aromatic carbocycles. The summed E-state index contributed by atoms with van der Waals surface area (Å²) in [6.45, 7) is 6.16. The number of benzene rings is 3. The average Bonchev–Trinajstić information content (AvgIpc) is 3.47. The van der Waals surface area contributed by atoms with Crippen LogP contribution in [0, 0.1) is 0 Å². The maximum atomic E-state index is 14.0. The van der Waals surface area contributed by atoms with E-state index in [1.165, 1.54) is 0 Å². The minimum atomic E-state index is -0.924. The summed E-state index contributed by atoms with van der Waals surface area (Å²) in [5, 5.41) is 15.0. The molecule has 0 saturated carbocycles. The molecule has 47 heavy (non-hydrogen) atoms. The summed E-state index contributed by atoms with van der Waals surface area (Å²) < 4.78 is 0. The molecule has 2 heterocycles. The van der Waals surface area contributed by atoms with E-state index in [-0.39, 0.29) is 11.8 Å². The number of carbonyl (C=O) groups is 2. The van der Waals surface area contributed by atoms with Gasteiger partial charge in [0.05, 0.1) is 27.9 Å². The summed E-state index contributed by atoms with van der Waals surface area (Å²) in [6, 6.07) is 25.1. The van der Waals surface area contributed by atoms with E-state index in [1.807, 2.05) is 78.9 Å². The molecule has 0 bridgehead atoms. The summed E-state index contributed by atoms with van der Waals surface area (Å²) in [4.78, 5) is 35.9. The fourth-order valence-electron chi connectivity index (χ4n) is 7.09. The zero-order chi connectivity index (χ0) is 33.4. The van der Waals surface area contributed by atoms with Crippen LogP contribution in [0.15, 0.2) is 78.9 Å². The number of aliphatic hydroxyl groups is 1. The highest BCUT2D eigenvalue weighted by atomic mass is 35.5. The Hall–Kier alpha value is -3.14. The van der Waals surface area contributed by atoms with Crippen molar-refractivity contribution in [3.05, 3.63) is 100 Å². The molecule has 2 saturated heterocycles. The van der Waals surface area contributed by atoms with Crippen LogP contribution < -0.4 is 10.2 Å². The van der Waals surface area contributed by atoms with Crippen molar-refractivity contribution in [3.8, 4) is 0 Å². The van der Waals surface area contributed by atoms with Crippen molar-refractivity contribution in [2.45, 2.75) is 43.2 Å². The number of rotatable bonds is 13. The normalized spacial score (nSPS) is 19.1. The van der Waals surface area contributed by atoms with Gasteiger partial charge in [-0.05, 0) is 55.5 Å². The molecule has 0 unspecified atom stereocenters. The molecule has 0 radical (unpaired) electrons. The number of likely N-dealkylation sites (tertiary alicyclic amines) is 1. The van der Waals surface area contributed by atoms with E-state index in [1.54, 1.807) is 19.0 Å². The quantitative estimate of drug-likeness (QED) is 0.250. The monoisotopic (exact) mass is 679 g/mol. The lowest BCUT2D eigenvalue weighted by molar-refractivity contribution is -0.133. The molecule has 2 aliphatic rings. The van der Waals surface area contributed by atoms with Gasteiger partial charge in [-0.25, -0.2) is 0 Å². The van der Waals surface area contributed by atoms with Gasteiger partial charge < -0.3 is 20.2 Å². The Morgan fingerprint density at radius 3 is 2.13 bits per heavy atom. The van der Waals surface area contributed by atoms with Gasteiger partial charge in [0, 0.05) is 59.9 Å². The van der Waals surface area contributed by atoms with Crippen LogP contribution in [0.2, 0.25) is 10.0 Å². The largest absolute Gasteiger partial charge is 0.392 e. The molecule has 2 aliphatic heterocycles. The number of unbranched alkanes of at least 4 members (excludes halogenated alkanes) is 1. The third kappa shape index (κ3) is 8.30. The number of hydrogen-bond donors (Lipinski definition) is 2. The number of piperazine rings is 1. The van der Waals surface area contributed by atoms with Crippen LogP contribution in [0.4, 0.5) is 5.69 Å². The molecule has 2 N–H and O–H groups in total. The first-order valence-electron chi connectivity index (χ1n) is 16.6. The predicted molar refractivity (Wildman–Crippen MR) is 190 cm³/mol. The fourth-order valence-corrected chi connectivity index (χ4v) is 7.50. The summed E-state index contributed by atoms with van der Waals surface area (Å²) >= 11 is 12.6. The molecule has 2 fully saturated rings. The van der Waals surface area contributed by atoms with Crippen molar-refractivity contribution in [3.63, 3.8) is 0 Å². The van der Waals surface area contributed by atoms with Crippen LogP contribution in [0.25, 0.3) is 0 Å². The number of halogens is 2. The first-order chi connectivity index (χ1) is 22.7. The number of carbonyl (C=O) groups excluding carboxylic acids is 2. The van der Waals surface area contributed by atoms with Crippen LogP contribution in [0.1, 0.15) is 36.8 Å². The number of hydrogen-bond acceptors (Lipinski definition) is 6. The zero-order valence-corrected chi connectivity index (χ0v) is 29.0. The number of nitrogens with zero attached hydrogens (tertiary/aromatic N) is 4. The molecule has 3 aromatic rings. The first kappa shape index (κ1) is 35.2. The number of nitrogens with one attached hydrogen (secondary N) is 1. The standard InChI is InChI=1S/C37H47Cl2N5O3/c1-41(2)36(47)37(28-12-5-3-6-13-28,29-14-7-4-8-15-29)18-21-44-27-30(45)26-33(44)35(46)40-19-9-10-20-42-22-24-43(25-23-42)32-17-11-16-31(38)34(32)39/h3-8,11-17,30,33,45H,9-10,18-27H2,1-2H3,(H,40,46)/t30-,33+/m1/s1. The molecule has 5 rings (SSSR count). The van der Waals surface area contributed by atoms with Crippen LogP contribution in [-0.2, 0) is 15.0 Å². The summed E-state index contributed by atoms with van der Waals surface area (Å²) in [7, 11) is 3.58. The maximum absolute atomic E-state index is 14.0. The maximum Gasteiger partial charge on any atom is 0.237 e. The van der Waals surface area contributed by atoms with Gasteiger partial charge in [-0.1, -0.05) is 89.9 Å². The van der Waals surface area contributed by atoms with Gasteiger partial charge in [-0.15, -0.1) is 0 Å². The van der Waals surface area contributed by atoms with Gasteiger partial charge in [0.15, 0.2) is 0 Å². The molecular formula is C37H47Cl2N5O3. The van der Waals surface area contributed by atoms with Crippen molar-refractivity contribution < 1.29 is 14.7 Å². The molecule has 8 nitrogen and oxygen atoms in total. The Morgan fingerprint density at radius 2 is 1.51 bits per heavy atom. The van der Waals surface area contributed by atoms with Crippen molar-refractivity contribution in [2.24, 2.45) is 0 Å². The third-order valence-electron chi connectivity index (χ3n) is 9.61. The topological polar surface area (TPSA) is 79.4 Å². The highest BCUT2D eigenvalue weighted by Crippen LogP contribution is 2.38. The van der Waals surface area contributed by atoms with E-state index >= 15 is 0 Å². The Kier molecular flexibility index (Phi) is 12.2. The van der Waals surface area contributed by atoms with Crippen LogP contribution in [0.5, 0.6) is 0 Å². The second-order valence-corrected chi connectivity index (χ2v) is 13.7. The van der Waals surface area contributed by atoms with Gasteiger partial charge in [0.25, 0.3) is 0 Å². The molecule has 2 amide bonds. The molecule has 2 atom stereocenters. The van der Waals surface area contributed by atoms with Crippen molar-refractivity contribution >= 4 is 40.7 Å². The first-order valence-corrected chi connectivity index (χ1v) is 17.4. The Morgan fingerprint density at radius 1 is 0.872 bits per heavy atom. The van der Waals surface area contributed by atoms with Crippen molar-refractivity contribution in [2.75, 3.05) is 71.4 Å². The van der Waals surface area contributed by atoms with Crippen molar-refractivity contribution in [1.29, 1.82) is 0 Å². The molecule has 0 spiro atoms. The highest BCUT2D eigenvalue weighted by molar-refractivity contribution is 6.43. The average molecular weight is 681 g/mol. The number of aliphatic hydroxyl groups excluding tert-OH is 1. The van der Waals surface area contributed by atoms with Crippen LogP contribution >= 0.6 is 23.2 Å². The second-order valence-electron chi connectivity index (χ2n) is 12.9. The van der Waals surface area contributed by atoms with Gasteiger partial charge in [0.1, 0.15) is 5.41 Å². The van der Waals surface area contributed by atoms with E-state index < -0.39 is 17.6 Å². The molecule has 0 aliphatic carbocycles. The molecular weight excluding hydrogens is 633 g/mol. The number of likely N-dealkylation sites (N-methyl/N-ethyl adjacent to an activating group) is 1. The lowest BCUT2D eigenvalue weighted by Crippen LogP contribution is -2.49. The Balaban J connectivity index is 1.14.